The zero-order chi connectivity index (χ0) is 19.4. The summed E-state index contributed by atoms with van der Waals surface area (Å²) in [4.78, 5) is 15.5. The summed E-state index contributed by atoms with van der Waals surface area (Å²) in [5.74, 6) is 1.33. The predicted octanol–water partition coefficient (Wildman–Crippen LogP) is 2.89. The Labute approximate surface area is 158 Å². The number of phenols is 1. The first-order valence-electron chi connectivity index (χ1n) is 9.15. The van der Waals surface area contributed by atoms with Crippen molar-refractivity contribution >= 4 is 22.9 Å². The Bertz CT molecular complexity index is 891. The summed E-state index contributed by atoms with van der Waals surface area (Å²) in [6.07, 6.45) is 2.64. The maximum absolute atomic E-state index is 9.72. The highest BCUT2D eigenvalue weighted by Crippen LogP contribution is 2.25. The van der Waals surface area contributed by atoms with Crippen LogP contribution in [0, 0.1) is 0 Å². The van der Waals surface area contributed by atoms with Crippen LogP contribution in [0.5, 0.6) is 5.75 Å². The van der Waals surface area contributed by atoms with Crippen molar-refractivity contribution in [1.82, 2.24) is 19.5 Å². The van der Waals surface area contributed by atoms with Crippen molar-refractivity contribution in [2.24, 2.45) is 0 Å². The molecule has 3 rings (SSSR count). The molecule has 8 heteroatoms. The highest BCUT2D eigenvalue weighted by atomic mass is 16.3. The molecule has 144 valence electrons. The van der Waals surface area contributed by atoms with Crippen LogP contribution in [0.3, 0.4) is 0 Å². The molecule has 2 heterocycles. The molecule has 0 amide bonds. The van der Waals surface area contributed by atoms with Gasteiger partial charge in [0, 0.05) is 19.1 Å². The van der Waals surface area contributed by atoms with Crippen molar-refractivity contribution in [3.8, 4) is 5.75 Å². The maximum atomic E-state index is 9.72. The second kappa shape index (κ2) is 8.22. The van der Waals surface area contributed by atoms with E-state index in [9.17, 15) is 10.2 Å². The number of fused-ring (bicyclic) bond motifs is 1. The van der Waals surface area contributed by atoms with E-state index in [1.54, 1.807) is 23.4 Å². The molecule has 0 saturated carbocycles. The van der Waals surface area contributed by atoms with Crippen LogP contribution < -0.4 is 10.2 Å². The Morgan fingerprint density at radius 1 is 1.19 bits per heavy atom. The molecule has 0 aliphatic rings. The van der Waals surface area contributed by atoms with Gasteiger partial charge in [-0.25, -0.2) is 4.98 Å². The third kappa shape index (κ3) is 4.11. The zero-order valence-corrected chi connectivity index (χ0v) is 15.9. The molecule has 0 aliphatic heterocycles. The first-order valence-corrected chi connectivity index (χ1v) is 9.15. The number of aromatic nitrogens is 4. The van der Waals surface area contributed by atoms with Gasteiger partial charge in [0.25, 0.3) is 0 Å². The van der Waals surface area contributed by atoms with Gasteiger partial charge in [-0.2, -0.15) is 9.97 Å². The van der Waals surface area contributed by atoms with Gasteiger partial charge >= 0.3 is 0 Å². The van der Waals surface area contributed by atoms with Gasteiger partial charge in [-0.3, -0.25) is 0 Å². The molecular weight excluding hydrogens is 344 g/mol. The summed E-state index contributed by atoms with van der Waals surface area (Å²) in [7, 11) is 0. The largest absolute Gasteiger partial charge is 0.508 e. The fourth-order valence-corrected chi connectivity index (χ4v) is 2.85. The van der Waals surface area contributed by atoms with E-state index >= 15 is 0 Å². The van der Waals surface area contributed by atoms with E-state index in [1.807, 2.05) is 23.6 Å². The quantitative estimate of drug-likeness (QED) is 0.524. The molecule has 8 nitrogen and oxygen atoms in total. The van der Waals surface area contributed by atoms with E-state index in [0.29, 0.717) is 30.4 Å². The Balaban J connectivity index is 1.99. The van der Waals surface area contributed by atoms with Crippen molar-refractivity contribution in [2.45, 2.75) is 39.8 Å². The van der Waals surface area contributed by atoms with Crippen molar-refractivity contribution in [2.75, 3.05) is 23.5 Å². The molecule has 0 unspecified atom stereocenters. The second-order valence-corrected chi connectivity index (χ2v) is 6.71. The molecule has 0 fully saturated rings. The average molecular weight is 370 g/mol. The fourth-order valence-electron chi connectivity index (χ4n) is 2.85. The van der Waals surface area contributed by atoms with Crippen LogP contribution in [0.4, 0.5) is 11.8 Å². The molecule has 0 atom stereocenters. The minimum absolute atomic E-state index is 0.146. The molecule has 3 N–H and O–H groups in total. The molecule has 0 aliphatic carbocycles. The van der Waals surface area contributed by atoms with Crippen LogP contribution in [0.2, 0.25) is 0 Å². The SMILES string of the molecule is CCCN(CO)c1nc(NCc2ccc(O)cc2)c2ncn(C(C)C)c2n1. The van der Waals surface area contributed by atoms with Gasteiger partial charge in [0.05, 0.1) is 6.33 Å². The first kappa shape index (κ1) is 18.9. The van der Waals surface area contributed by atoms with Crippen LogP contribution in [0.15, 0.2) is 30.6 Å². The molecule has 0 bridgehead atoms. The van der Waals surface area contributed by atoms with Crippen molar-refractivity contribution in [3.05, 3.63) is 36.2 Å². The summed E-state index contributed by atoms with van der Waals surface area (Å²) >= 11 is 0. The summed E-state index contributed by atoms with van der Waals surface area (Å²) in [5.41, 5.74) is 2.44. The summed E-state index contributed by atoms with van der Waals surface area (Å²) in [6.45, 7) is 7.24. The number of aromatic hydroxyl groups is 1. The third-order valence-corrected chi connectivity index (χ3v) is 4.31. The van der Waals surface area contributed by atoms with Gasteiger partial charge in [0.15, 0.2) is 17.0 Å². The lowest BCUT2D eigenvalue weighted by Crippen LogP contribution is -2.27. The van der Waals surface area contributed by atoms with E-state index in [-0.39, 0.29) is 18.5 Å². The fraction of sp³-hybridized carbons (Fsp3) is 0.421. The summed E-state index contributed by atoms with van der Waals surface area (Å²) in [5, 5.41) is 22.5. The number of phenolic OH excluding ortho intramolecular Hbond substituents is 1. The van der Waals surface area contributed by atoms with Crippen LogP contribution >= 0.6 is 0 Å². The van der Waals surface area contributed by atoms with Gasteiger partial charge in [-0.05, 0) is 38.0 Å². The number of benzene rings is 1. The Kier molecular flexibility index (Phi) is 5.75. The van der Waals surface area contributed by atoms with E-state index < -0.39 is 0 Å². The molecule has 2 aromatic heterocycles. The first-order chi connectivity index (χ1) is 13.0. The molecule has 27 heavy (non-hydrogen) atoms. The topological polar surface area (TPSA) is 99.3 Å². The Hall–Kier alpha value is -2.87. The molecule has 0 radical (unpaired) electrons. The number of nitrogens with one attached hydrogen (secondary N) is 1. The molecule has 0 saturated heterocycles. The zero-order valence-electron chi connectivity index (χ0n) is 15.9. The van der Waals surface area contributed by atoms with E-state index in [0.717, 1.165) is 17.6 Å². The lowest BCUT2D eigenvalue weighted by Gasteiger charge is -2.20. The second-order valence-electron chi connectivity index (χ2n) is 6.71. The lowest BCUT2D eigenvalue weighted by molar-refractivity contribution is 0.288. The van der Waals surface area contributed by atoms with Crippen molar-refractivity contribution < 1.29 is 10.2 Å². The highest BCUT2D eigenvalue weighted by molar-refractivity contribution is 5.84. The van der Waals surface area contributed by atoms with Gasteiger partial charge in [-0.15, -0.1) is 0 Å². The number of hydrogen-bond acceptors (Lipinski definition) is 7. The van der Waals surface area contributed by atoms with Gasteiger partial charge in [0.1, 0.15) is 12.5 Å². The average Bonchev–Trinajstić information content (AvgIpc) is 3.09. The number of anilines is 2. The van der Waals surface area contributed by atoms with E-state index in [1.165, 1.54) is 0 Å². The maximum Gasteiger partial charge on any atom is 0.231 e. The molecule has 0 spiro atoms. The van der Waals surface area contributed by atoms with E-state index in [4.69, 9.17) is 0 Å². The number of hydrogen-bond donors (Lipinski definition) is 3. The number of imidazole rings is 1. The van der Waals surface area contributed by atoms with Crippen molar-refractivity contribution in [3.63, 3.8) is 0 Å². The molecule has 3 aromatic rings. The minimum atomic E-state index is -0.146. The Morgan fingerprint density at radius 3 is 2.56 bits per heavy atom. The van der Waals surface area contributed by atoms with Crippen LogP contribution in [-0.2, 0) is 6.54 Å². The smallest absolute Gasteiger partial charge is 0.231 e. The van der Waals surface area contributed by atoms with Gasteiger partial charge in [0.2, 0.25) is 5.95 Å². The Morgan fingerprint density at radius 2 is 1.93 bits per heavy atom. The minimum Gasteiger partial charge on any atom is -0.508 e. The summed E-state index contributed by atoms with van der Waals surface area (Å²) in [6, 6.07) is 7.22. The van der Waals surface area contributed by atoms with E-state index in [2.05, 4.69) is 34.1 Å². The number of aliphatic hydroxyl groups is 1. The number of aliphatic hydroxyl groups excluding tert-OH is 1. The standard InChI is InChI=1S/C19H26N6O2/c1-4-9-24(12-26)19-22-17(20-10-14-5-7-15(27)8-6-14)16-18(23-19)25(11-21-16)13(2)3/h5-8,11,13,26-27H,4,9-10,12H2,1-3H3,(H,20,22,23). The monoisotopic (exact) mass is 370 g/mol. The van der Waals surface area contributed by atoms with Gasteiger partial charge < -0.3 is 25.0 Å². The molecule has 1 aromatic carbocycles. The third-order valence-electron chi connectivity index (χ3n) is 4.31. The predicted molar refractivity (Wildman–Crippen MR) is 106 cm³/mol. The van der Waals surface area contributed by atoms with Crippen LogP contribution in [-0.4, -0.2) is 43.0 Å². The number of nitrogens with zero attached hydrogens (tertiary/aromatic N) is 5. The number of rotatable bonds is 8. The van der Waals surface area contributed by atoms with Crippen molar-refractivity contribution in [1.29, 1.82) is 0 Å². The lowest BCUT2D eigenvalue weighted by atomic mass is 10.2. The normalized spacial score (nSPS) is 11.3. The molecular formula is C19H26N6O2. The van der Waals surface area contributed by atoms with Crippen LogP contribution in [0.25, 0.3) is 11.2 Å². The van der Waals surface area contributed by atoms with Gasteiger partial charge in [-0.1, -0.05) is 19.1 Å². The highest BCUT2D eigenvalue weighted by Gasteiger charge is 2.17. The summed E-state index contributed by atoms with van der Waals surface area (Å²) < 4.78 is 1.99. The van der Waals surface area contributed by atoms with Crippen LogP contribution in [0.1, 0.15) is 38.8 Å².